The number of aliphatic imine (C=N–C) groups is 1. The predicted octanol–water partition coefficient (Wildman–Crippen LogP) is 7.43. The third kappa shape index (κ3) is 5.15. The van der Waals surface area contributed by atoms with Gasteiger partial charge in [0.2, 0.25) is 0 Å². The lowest BCUT2D eigenvalue weighted by Crippen LogP contribution is -2.44. The summed E-state index contributed by atoms with van der Waals surface area (Å²) >= 11 is 0. The van der Waals surface area contributed by atoms with E-state index in [4.69, 9.17) is 4.99 Å². The molecule has 1 heterocycles. The molecule has 0 amide bonds. The van der Waals surface area contributed by atoms with Crippen molar-refractivity contribution in [3.8, 4) is 11.1 Å². The summed E-state index contributed by atoms with van der Waals surface area (Å²) in [5.74, 6) is 0.881. The van der Waals surface area contributed by atoms with Crippen molar-refractivity contribution in [1.82, 2.24) is 10.6 Å². The van der Waals surface area contributed by atoms with Crippen molar-refractivity contribution in [1.29, 1.82) is 0 Å². The minimum absolute atomic E-state index is 0.107. The Bertz CT molecular complexity index is 1500. The lowest BCUT2D eigenvalue weighted by atomic mass is 10.0. The van der Waals surface area contributed by atoms with Gasteiger partial charge in [-0.3, -0.25) is 5.32 Å². The summed E-state index contributed by atoms with van der Waals surface area (Å²) in [6, 6.07) is 48.1. The van der Waals surface area contributed by atoms with Crippen LogP contribution < -0.4 is 16.0 Å². The van der Waals surface area contributed by atoms with Crippen LogP contribution in [0.5, 0.6) is 0 Å². The molecule has 0 aromatic heterocycles. The van der Waals surface area contributed by atoms with Crippen LogP contribution >= 0.6 is 0 Å². The third-order valence-electron chi connectivity index (χ3n) is 6.54. The van der Waals surface area contributed by atoms with Gasteiger partial charge in [0.05, 0.1) is 0 Å². The van der Waals surface area contributed by atoms with Gasteiger partial charge in [-0.15, -0.1) is 0 Å². The fourth-order valence-electron chi connectivity index (χ4n) is 4.69. The first-order valence-corrected chi connectivity index (χ1v) is 12.6. The van der Waals surface area contributed by atoms with E-state index in [-0.39, 0.29) is 12.3 Å². The van der Waals surface area contributed by atoms with E-state index in [0.29, 0.717) is 0 Å². The molecule has 4 nitrogen and oxygen atoms in total. The maximum absolute atomic E-state index is 5.01. The third-order valence-corrected chi connectivity index (χ3v) is 6.54. The van der Waals surface area contributed by atoms with E-state index in [1.807, 2.05) is 30.3 Å². The van der Waals surface area contributed by atoms with Crippen LogP contribution in [-0.2, 0) is 0 Å². The van der Waals surface area contributed by atoms with Gasteiger partial charge in [-0.1, -0.05) is 121 Å². The lowest BCUT2D eigenvalue weighted by molar-refractivity contribution is 0.409. The van der Waals surface area contributed by atoms with Gasteiger partial charge in [-0.25, -0.2) is 4.99 Å². The molecule has 2 unspecified atom stereocenters. The first-order chi connectivity index (χ1) is 18.3. The fraction of sp³-hybridized carbons (Fsp3) is 0.0606. The zero-order valence-electron chi connectivity index (χ0n) is 20.4. The van der Waals surface area contributed by atoms with E-state index in [1.165, 1.54) is 11.1 Å². The van der Waals surface area contributed by atoms with Gasteiger partial charge < -0.3 is 10.6 Å². The van der Waals surface area contributed by atoms with Crippen LogP contribution in [0.2, 0.25) is 0 Å². The molecule has 5 aromatic rings. The highest BCUT2D eigenvalue weighted by Crippen LogP contribution is 2.31. The SMILES string of the molecule is c1ccc(C2=NC(c3ccccc3)NC(c3cccc(Nc4ccccc4-c4ccccc4)c3)N2)cc1. The Labute approximate surface area is 217 Å². The Balaban J connectivity index is 1.31. The van der Waals surface area contributed by atoms with Crippen LogP contribution in [0.3, 0.4) is 0 Å². The Morgan fingerprint density at radius 3 is 1.95 bits per heavy atom. The average molecular weight is 481 g/mol. The summed E-state index contributed by atoms with van der Waals surface area (Å²) in [5, 5.41) is 11.0. The van der Waals surface area contributed by atoms with Crippen molar-refractivity contribution in [2.45, 2.75) is 12.3 Å². The van der Waals surface area contributed by atoms with Gasteiger partial charge in [0.25, 0.3) is 0 Å². The molecule has 0 saturated heterocycles. The van der Waals surface area contributed by atoms with Crippen molar-refractivity contribution in [3.05, 3.63) is 156 Å². The zero-order chi connectivity index (χ0) is 24.9. The predicted molar refractivity (Wildman–Crippen MR) is 153 cm³/mol. The number of nitrogens with one attached hydrogen (secondary N) is 3. The highest BCUT2D eigenvalue weighted by Gasteiger charge is 2.25. The number of anilines is 2. The molecule has 0 saturated carbocycles. The van der Waals surface area contributed by atoms with Gasteiger partial charge >= 0.3 is 0 Å². The maximum atomic E-state index is 5.01. The summed E-state index contributed by atoms with van der Waals surface area (Å²) < 4.78 is 0. The van der Waals surface area contributed by atoms with Crippen LogP contribution in [0, 0.1) is 0 Å². The van der Waals surface area contributed by atoms with Crippen molar-refractivity contribution in [3.63, 3.8) is 0 Å². The second kappa shape index (κ2) is 10.5. The number of hydrogen-bond donors (Lipinski definition) is 3. The van der Waals surface area contributed by atoms with Crippen molar-refractivity contribution < 1.29 is 0 Å². The molecule has 180 valence electrons. The first-order valence-electron chi connectivity index (χ1n) is 12.6. The Morgan fingerprint density at radius 2 is 1.19 bits per heavy atom. The Kier molecular flexibility index (Phi) is 6.48. The normalized spacial score (nSPS) is 16.9. The molecule has 37 heavy (non-hydrogen) atoms. The molecular formula is C33H28N4. The van der Waals surface area contributed by atoms with E-state index in [1.54, 1.807) is 0 Å². The maximum Gasteiger partial charge on any atom is 0.131 e. The topological polar surface area (TPSA) is 48.5 Å². The van der Waals surface area contributed by atoms with E-state index in [9.17, 15) is 0 Å². The van der Waals surface area contributed by atoms with E-state index in [0.717, 1.165) is 33.9 Å². The molecule has 0 bridgehead atoms. The average Bonchev–Trinajstić information content (AvgIpc) is 2.99. The number of amidine groups is 1. The molecule has 0 radical (unpaired) electrons. The molecule has 6 rings (SSSR count). The van der Waals surface area contributed by atoms with E-state index >= 15 is 0 Å². The van der Waals surface area contributed by atoms with Gasteiger partial charge in [-0.2, -0.15) is 0 Å². The van der Waals surface area contributed by atoms with Crippen LogP contribution in [-0.4, -0.2) is 5.84 Å². The van der Waals surface area contributed by atoms with Crippen molar-refractivity contribution in [2.24, 2.45) is 4.99 Å². The van der Waals surface area contributed by atoms with Crippen molar-refractivity contribution >= 4 is 17.2 Å². The summed E-state index contributed by atoms with van der Waals surface area (Å²) in [7, 11) is 0. The minimum atomic E-state index is -0.155. The molecule has 5 aromatic carbocycles. The molecule has 4 heteroatoms. The summed E-state index contributed by atoms with van der Waals surface area (Å²) in [4.78, 5) is 5.01. The minimum Gasteiger partial charge on any atom is -0.355 e. The smallest absolute Gasteiger partial charge is 0.131 e. The van der Waals surface area contributed by atoms with Crippen LogP contribution in [0.15, 0.2) is 145 Å². The number of nitrogens with zero attached hydrogens (tertiary/aromatic N) is 1. The highest BCUT2D eigenvalue weighted by molar-refractivity contribution is 5.99. The quantitative estimate of drug-likeness (QED) is 0.237. The monoisotopic (exact) mass is 480 g/mol. The molecule has 1 aliphatic rings. The first kappa shape index (κ1) is 22.8. The van der Waals surface area contributed by atoms with E-state index < -0.39 is 0 Å². The van der Waals surface area contributed by atoms with Gasteiger partial charge in [-0.05, 0) is 34.9 Å². The molecule has 0 aliphatic carbocycles. The van der Waals surface area contributed by atoms with Crippen LogP contribution in [0.1, 0.15) is 29.0 Å². The zero-order valence-corrected chi connectivity index (χ0v) is 20.4. The van der Waals surface area contributed by atoms with Gasteiger partial charge in [0, 0.05) is 22.5 Å². The van der Waals surface area contributed by atoms with Gasteiger partial charge in [0.15, 0.2) is 0 Å². The lowest BCUT2D eigenvalue weighted by Gasteiger charge is -2.32. The number of rotatable bonds is 6. The summed E-state index contributed by atoms with van der Waals surface area (Å²) in [6.07, 6.45) is -0.262. The number of hydrogen-bond acceptors (Lipinski definition) is 4. The molecule has 0 fully saturated rings. The molecule has 2 atom stereocenters. The Hall–Kier alpha value is -4.67. The summed E-state index contributed by atoms with van der Waals surface area (Å²) in [6.45, 7) is 0. The number of benzene rings is 5. The standard InChI is InChI=1S/C33H28N4/c1-4-13-24(14-5-1)29-21-10-11-22-30(29)34-28-20-12-19-27(23-28)33-36-31(25-15-6-2-7-16-25)35-32(37-33)26-17-8-3-9-18-26/h1-23,31,33-34,36H,(H,35,37). The van der Waals surface area contributed by atoms with Crippen LogP contribution in [0.4, 0.5) is 11.4 Å². The fourth-order valence-corrected chi connectivity index (χ4v) is 4.69. The van der Waals surface area contributed by atoms with Crippen LogP contribution in [0.25, 0.3) is 11.1 Å². The second-order valence-electron chi connectivity index (χ2n) is 9.06. The molecule has 1 aliphatic heterocycles. The Morgan fingerprint density at radius 1 is 0.568 bits per heavy atom. The highest BCUT2D eigenvalue weighted by atomic mass is 15.3. The molecule has 3 N–H and O–H groups in total. The molecule has 0 spiro atoms. The van der Waals surface area contributed by atoms with Crippen molar-refractivity contribution in [2.75, 3.05) is 5.32 Å². The van der Waals surface area contributed by atoms with Gasteiger partial charge in [0.1, 0.15) is 18.2 Å². The largest absolute Gasteiger partial charge is 0.355 e. The second-order valence-corrected chi connectivity index (χ2v) is 9.06. The number of para-hydroxylation sites is 1. The van der Waals surface area contributed by atoms with E-state index in [2.05, 4.69) is 125 Å². The molecular weight excluding hydrogens is 452 g/mol. The summed E-state index contributed by atoms with van der Waals surface area (Å²) in [5.41, 5.74) is 7.80.